The SMILES string of the molecule is Cc1ccc(C2=NN(C(=O)COc3ccc(C)cc3[N+](=O)[O-])[C@@H](c3ccco3)C2)cc1. The van der Waals surface area contributed by atoms with Crippen LogP contribution in [0.15, 0.2) is 70.4 Å². The summed E-state index contributed by atoms with van der Waals surface area (Å²) in [7, 11) is 0. The molecule has 1 amide bonds. The van der Waals surface area contributed by atoms with E-state index in [4.69, 9.17) is 9.15 Å². The fourth-order valence-corrected chi connectivity index (χ4v) is 3.46. The maximum Gasteiger partial charge on any atom is 0.311 e. The van der Waals surface area contributed by atoms with E-state index < -0.39 is 16.9 Å². The Morgan fingerprint density at radius 3 is 2.61 bits per heavy atom. The van der Waals surface area contributed by atoms with Gasteiger partial charge in [0.25, 0.3) is 5.91 Å². The van der Waals surface area contributed by atoms with Gasteiger partial charge in [-0.05, 0) is 43.2 Å². The number of nitro benzene ring substituents is 1. The van der Waals surface area contributed by atoms with E-state index in [0.717, 1.165) is 22.4 Å². The van der Waals surface area contributed by atoms with Crippen molar-refractivity contribution in [3.63, 3.8) is 0 Å². The third-order valence-corrected chi connectivity index (χ3v) is 5.08. The monoisotopic (exact) mass is 419 g/mol. The van der Waals surface area contributed by atoms with E-state index in [1.165, 1.54) is 17.1 Å². The summed E-state index contributed by atoms with van der Waals surface area (Å²) in [5, 5.41) is 17.2. The van der Waals surface area contributed by atoms with Crippen molar-refractivity contribution in [3.05, 3.63) is 93.4 Å². The number of furan rings is 1. The van der Waals surface area contributed by atoms with Crippen LogP contribution >= 0.6 is 0 Å². The molecule has 0 bridgehead atoms. The molecule has 4 rings (SSSR count). The highest BCUT2D eigenvalue weighted by atomic mass is 16.6. The summed E-state index contributed by atoms with van der Waals surface area (Å²) in [6, 6.07) is 15.7. The van der Waals surface area contributed by atoms with Crippen LogP contribution in [0.5, 0.6) is 5.75 Å². The number of ether oxygens (including phenoxy) is 1. The van der Waals surface area contributed by atoms with Gasteiger partial charge in [-0.2, -0.15) is 5.10 Å². The Hall–Kier alpha value is -3.94. The number of nitrogens with zero attached hydrogens (tertiary/aromatic N) is 3. The summed E-state index contributed by atoms with van der Waals surface area (Å²) in [5.74, 6) is 0.236. The normalized spacial score (nSPS) is 15.6. The first kappa shape index (κ1) is 20.3. The van der Waals surface area contributed by atoms with E-state index in [0.29, 0.717) is 12.2 Å². The first-order valence-corrected chi connectivity index (χ1v) is 9.80. The number of amides is 1. The van der Waals surface area contributed by atoms with E-state index in [2.05, 4.69) is 5.10 Å². The van der Waals surface area contributed by atoms with Crippen LogP contribution < -0.4 is 4.74 Å². The van der Waals surface area contributed by atoms with Crippen LogP contribution in [-0.2, 0) is 4.79 Å². The predicted molar refractivity (Wildman–Crippen MR) is 114 cm³/mol. The summed E-state index contributed by atoms with van der Waals surface area (Å²) >= 11 is 0. The van der Waals surface area contributed by atoms with E-state index in [1.807, 2.05) is 31.2 Å². The maximum atomic E-state index is 13.0. The molecule has 0 aliphatic carbocycles. The number of carbonyl (C=O) groups excluding carboxylic acids is 1. The first-order chi connectivity index (χ1) is 14.9. The third-order valence-electron chi connectivity index (χ3n) is 5.08. The number of benzene rings is 2. The van der Waals surface area contributed by atoms with E-state index in [1.54, 1.807) is 31.4 Å². The van der Waals surface area contributed by atoms with Gasteiger partial charge >= 0.3 is 5.69 Å². The van der Waals surface area contributed by atoms with Gasteiger partial charge in [-0.1, -0.05) is 35.9 Å². The number of carbonyl (C=O) groups is 1. The number of rotatable bonds is 6. The molecule has 8 nitrogen and oxygen atoms in total. The fourth-order valence-electron chi connectivity index (χ4n) is 3.46. The van der Waals surface area contributed by atoms with Crippen LogP contribution in [0.25, 0.3) is 0 Å². The van der Waals surface area contributed by atoms with Crippen molar-refractivity contribution in [2.45, 2.75) is 26.3 Å². The summed E-state index contributed by atoms with van der Waals surface area (Å²) in [6.07, 6.45) is 2.04. The molecule has 2 heterocycles. The highest BCUT2D eigenvalue weighted by molar-refractivity contribution is 6.03. The Labute approximate surface area is 178 Å². The van der Waals surface area contributed by atoms with E-state index in [-0.39, 0.29) is 18.0 Å². The Kier molecular flexibility index (Phi) is 5.53. The number of hydrogen-bond donors (Lipinski definition) is 0. The van der Waals surface area contributed by atoms with Crippen LogP contribution in [-0.4, -0.2) is 28.2 Å². The van der Waals surface area contributed by atoms with Gasteiger partial charge in [-0.3, -0.25) is 14.9 Å². The molecule has 2 aromatic carbocycles. The van der Waals surface area contributed by atoms with Crippen molar-refractivity contribution >= 4 is 17.3 Å². The van der Waals surface area contributed by atoms with Crippen molar-refractivity contribution in [2.75, 3.05) is 6.61 Å². The summed E-state index contributed by atoms with van der Waals surface area (Å²) < 4.78 is 11.0. The molecule has 0 unspecified atom stereocenters. The van der Waals surface area contributed by atoms with Gasteiger partial charge in [-0.25, -0.2) is 5.01 Å². The number of aryl methyl sites for hydroxylation is 2. The van der Waals surface area contributed by atoms with E-state index >= 15 is 0 Å². The van der Waals surface area contributed by atoms with Crippen molar-refractivity contribution in [1.29, 1.82) is 0 Å². The lowest BCUT2D eigenvalue weighted by atomic mass is 10.0. The molecule has 1 aliphatic heterocycles. The molecule has 0 saturated carbocycles. The molecular formula is C23H21N3O5. The van der Waals surface area contributed by atoms with Gasteiger partial charge in [0.1, 0.15) is 11.8 Å². The minimum atomic E-state index is -0.526. The van der Waals surface area contributed by atoms with Crippen LogP contribution in [0.3, 0.4) is 0 Å². The zero-order valence-electron chi connectivity index (χ0n) is 17.1. The lowest BCUT2D eigenvalue weighted by Gasteiger charge is -2.20. The lowest BCUT2D eigenvalue weighted by Crippen LogP contribution is -2.31. The highest BCUT2D eigenvalue weighted by Gasteiger charge is 2.35. The minimum Gasteiger partial charge on any atom is -0.477 e. The maximum absolute atomic E-state index is 13.0. The van der Waals surface area contributed by atoms with Crippen LogP contribution in [0, 0.1) is 24.0 Å². The topological polar surface area (TPSA) is 98.2 Å². The van der Waals surface area contributed by atoms with Crippen molar-refractivity contribution in [3.8, 4) is 5.75 Å². The molecule has 0 radical (unpaired) electrons. The standard InChI is InChI=1S/C23H21N3O5/c1-15-5-8-17(9-6-15)18-13-19(21-4-3-11-30-21)25(24-18)23(27)14-31-22-10-7-16(2)12-20(22)26(28)29/h3-12,19H,13-14H2,1-2H3/t19-/m1/s1. The van der Waals surface area contributed by atoms with Gasteiger partial charge < -0.3 is 9.15 Å². The molecule has 158 valence electrons. The molecule has 3 aromatic rings. The largest absolute Gasteiger partial charge is 0.477 e. The van der Waals surface area contributed by atoms with Gasteiger partial charge in [0.15, 0.2) is 12.4 Å². The zero-order chi connectivity index (χ0) is 22.0. The van der Waals surface area contributed by atoms with Gasteiger partial charge in [-0.15, -0.1) is 0 Å². The molecule has 31 heavy (non-hydrogen) atoms. The zero-order valence-corrected chi connectivity index (χ0v) is 17.1. The predicted octanol–water partition coefficient (Wildman–Crippen LogP) is 4.56. The molecule has 0 N–H and O–H groups in total. The second kappa shape index (κ2) is 8.43. The number of hydrogen-bond acceptors (Lipinski definition) is 6. The summed E-state index contributed by atoms with van der Waals surface area (Å²) in [4.78, 5) is 23.8. The molecular weight excluding hydrogens is 398 g/mol. The number of hydrazone groups is 1. The van der Waals surface area contributed by atoms with Gasteiger partial charge in [0, 0.05) is 12.5 Å². The molecule has 1 atom stereocenters. The summed E-state index contributed by atoms with van der Waals surface area (Å²) in [5.41, 5.74) is 3.37. The van der Waals surface area contributed by atoms with Crippen molar-refractivity contribution < 1.29 is 18.9 Å². The number of nitro groups is 1. The highest BCUT2D eigenvalue weighted by Crippen LogP contribution is 2.34. The average Bonchev–Trinajstić information content (AvgIpc) is 3.43. The smallest absolute Gasteiger partial charge is 0.311 e. The van der Waals surface area contributed by atoms with E-state index in [9.17, 15) is 14.9 Å². The van der Waals surface area contributed by atoms with Crippen molar-refractivity contribution in [2.24, 2.45) is 5.10 Å². The van der Waals surface area contributed by atoms with Gasteiger partial charge in [0.05, 0.1) is 16.9 Å². The minimum absolute atomic E-state index is 0.0421. The fraction of sp³-hybridized carbons (Fsp3) is 0.217. The Bertz CT molecular complexity index is 1140. The van der Waals surface area contributed by atoms with Crippen LogP contribution in [0.4, 0.5) is 5.69 Å². The van der Waals surface area contributed by atoms with Crippen LogP contribution in [0.1, 0.15) is 34.9 Å². The molecule has 0 spiro atoms. The van der Waals surface area contributed by atoms with Crippen molar-refractivity contribution in [1.82, 2.24) is 5.01 Å². The lowest BCUT2D eigenvalue weighted by molar-refractivity contribution is -0.385. The molecule has 0 saturated heterocycles. The second-order valence-corrected chi connectivity index (χ2v) is 7.40. The second-order valence-electron chi connectivity index (χ2n) is 7.40. The third kappa shape index (κ3) is 4.32. The Morgan fingerprint density at radius 2 is 1.94 bits per heavy atom. The van der Waals surface area contributed by atoms with Gasteiger partial charge in [0.2, 0.25) is 0 Å². The summed E-state index contributed by atoms with van der Waals surface area (Å²) in [6.45, 7) is 3.37. The molecule has 1 aliphatic rings. The Morgan fingerprint density at radius 1 is 1.19 bits per heavy atom. The quantitative estimate of drug-likeness (QED) is 0.431. The molecule has 8 heteroatoms. The molecule has 0 fully saturated rings. The van der Waals surface area contributed by atoms with Crippen LogP contribution in [0.2, 0.25) is 0 Å². The average molecular weight is 419 g/mol. The Balaban J connectivity index is 1.57. The first-order valence-electron chi connectivity index (χ1n) is 9.80. The molecule has 1 aromatic heterocycles.